The lowest BCUT2D eigenvalue weighted by molar-refractivity contribution is -0.145. The van der Waals surface area contributed by atoms with Gasteiger partial charge in [-0.2, -0.15) is 0 Å². The monoisotopic (exact) mass is 586 g/mol. The number of halogens is 1. The van der Waals surface area contributed by atoms with Gasteiger partial charge in [0, 0.05) is 31.5 Å². The molecule has 1 aromatic heterocycles. The zero-order valence-corrected chi connectivity index (χ0v) is 23.7. The number of ether oxygens (including phenoxy) is 3. The van der Waals surface area contributed by atoms with Gasteiger partial charge in [-0.25, -0.2) is 14.0 Å². The van der Waals surface area contributed by atoms with Crippen molar-refractivity contribution in [2.24, 2.45) is 0 Å². The zero-order chi connectivity index (χ0) is 30.6. The average Bonchev–Trinajstić information content (AvgIpc) is 3.40. The number of aliphatic carboxylic acids is 2. The Bertz CT molecular complexity index is 1380. The average molecular weight is 587 g/mol. The number of likely N-dealkylation sites (tertiary alicyclic amines) is 1. The number of rotatable bonds is 11. The largest absolute Gasteiger partial charge is 0.493 e. The quantitative estimate of drug-likeness (QED) is 0.178. The first kappa shape index (κ1) is 32.1. The van der Waals surface area contributed by atoms with Gasteiger partial charge in [0.2, 0.25) is 0 Å². The van der Waals surface area contributed by atoms with Crippen LogP contribution >= 0.6 is 0 Å². The van der Waals surface area contributed by atoms with Crippen molar-refractivity contribution in [3.8, 4) is 11.5 Å². The number of hydrogen-bond donors (Lipinski definition) is 2. The molecule has 1 unspecified atom stereocenters. The van der Waals surface area contributed by atoms with Crippen LogP contribution in [0.15, 0.2) is 53.1 Å². The summed E-state index contributed by atoms with van der Waals surface area (Å²) < 4.78 is 36.2. The highest BCUT2D eigenvalue weighted by atomic mass is 19.1. The van der Waals surface area contributed by atoms with E-state index in [2.05, 4.69) is 10.1 Å². The van der Waals surface area contributed by atoms with Crippen LogP contribution in [0.5, 0.6) is 11.5 Å². The minimum absolute atomic E-state index is 0.211. The van der Waals surface area contributed by atoms with Gasteiger partial charge in [0.25, 0.3) is 0 Å². The second kappa shape index (κ2) is 15.5. The van der Waals surface area contributed by atoms with Crippen molar-refractivity contribution in [3.05, 3.63) is 65.6 Å². The molecule has 1 saturated heterocycles. The van der Waals surface area contributed by atoms with E-state index < -0.39 is 11.9 Å². The number of nitrogens with zero attached hydrogens (tertiary/aromatic N) is 2. The molecular weight excluding hydrogens is 551 g/mol. The van der Waals surface area contributed by atoms with E-state index in [1.54, 1.807) is 19.2 Å². The van der Waals surface area contributed by atoms with Gasteiger partial charge in [0.05, 0.1) is 24.8 Å². The van der Waals surface area contributed by atoms with E-state index in [4.69, 9.17) is 28.9 Å². The molecule has 226 valence electrons. The molecule has 4 rings (SSSR count). The normalized spacial score (nSPS) is 14.7. The van der Waals surface area contributed by atoms with Gasteiger partial charge in [-0.3, -0.25) is 4.79 Å². The molecule has 0 amide bonds. The number of fused-ring (bicyclic) bond motifs is 1. The molecule has 0 saturated carbocycles. The lowest BCUT2D eigenvalue weighted by atomic mass is 9.91. The first-order valence-electron chi connectivity index (χ1n) is 13.5. The fourth-order valence-corrected chi connectivity index (χ4v) is 4.67. The van der Waals surface area contributed by atoms with Crippen LogP contribution in [0.3, 0.4) is 0 Å². The maximum absolute atomic E-state index is 14.3. The fraction of sp³-hybridized carbons (Fsp3) is 0.400. The van der Waals surface area contributed by atoms with E-state index in [-0.39, 0.29) is 23.8 Å². The summed E-state index contributed by atoms with van der Waals surface area (Å²) in [5.74, 6) is -1.61. The van der Waals surface area contributed by atoms with Crippen LogP contribution in [-0.2, 0) is 19.1 Å². The van der Waals surface area contributed by atoms with E-state index in [1.165, 1.54) is 13.0 Å². The van der Waals surface area contributed by atoms with Crippen LogP contribution < -0.4 is 9.47 Å². The molecule has 2 heterocycles. The van der Waals surface area contributed by atoms with Crippen LogP contribution in [0.2, 0.25) is 0 Å². The van der Waals surface area contributed by atoms with Gasteiger partial charge in [0.15, 0.2) is 17.1 Å². The van der Waals surface area contributed by atoms with Crippen LogP contribution in [-0.4, -0.2) is 71.5 Å². The van der Waals surface area contributed by atoms with Gasteiger partial charge in [-0.15, -0.1) is 0 Å². The first-order valence-corrected chi connectivity index (χ1v) is 13.5. The third kappa shape index (κ3) is 9.30. The molecule has 0 spiro atoms. The topological polar surface area (TPSA) is 149 Å². The minimum Gasteiger partial charge on any atom is -0.493 e. The van der Waals surface area contributed by atoms with Crippen LogP contribution in [0, 0.1) is 5.82 Å². The molecule has 3 aromatic rings. The van der Waals surface area contributed by atoms with Gasteiger partial charge in [-0.05, 0) is 69.1 Å². The molecule has 1 aliphatic heterocycles. The van der Waals surface area contributed by atoms with E-state index >= 15 is 0 Å². The molecule has 1 atom stereocenters. The van der Waals surface area contributed by atoms with Gasteiger partial charge in [-0.1, -0.05) is 17.3 Å². The highest BCUT2D eigenvalue weighted by Gasteiger charge is 2.26. The Hall–Kier alpha value is -4.45. The summed E-state index contributed by atoms with van der Waals surface area (Å²) in [5.41, 5.74) is 2.11. The van der Waals surface area contributed by atoms with Crippen molar-refractivity contribution >= 4 is 28.9 Å². The van der Waals surface area contributed by atoms with E-state index in [0.717, 1.165) is 50.2 Å². The predicted molar refractivity (Wildman–Crippen MR) is 150 cm³/mol. The van der Waals surface area contributed by atoms with Gasteiger partial charge < -0.3 is 33.8 Å². The number of esters is 1. The Labute approximate surface area is 242 Å². The summed E-state index contributed by atoms with van der Waals surface area (Å²) in [4.78, 5) is 32.7. The Morgan fingerprint density at radius 3 is 2.43 bits per heavy atom. The predicted octanol–water partition coefficient (Wildman–Crippen LogP) is 4.96. The summed E-state index contributed by atoms with van der Waals surface area (Å²) in [5, 5.41) is 20.3. The molecule has 1 aliphatic rings. The lowest BCUT2D eigenvalue weighted by Gasteiger charge is -2.31. The van der Waals surface area contributed by atoms with Crippen molar-refractivity contribution in [2.45, 2.75) is 45.1 Å². The lowest BCUT2D eigenvalue weighted by Crippen LogP contribution is -2.34. The number of carbonyl (C=O) groups excluding carboxylic acids is 1. The smallest absolute Gasteiger partial charge is 0.328 e. The summed E-state index contributed by atoms with van der Waals surface area (Å²) in [6.07, 6.45) is 3.49. The molecule has 12 heteroatoms. The molecule has 2 N–H and O–H groups in total. The van der Waals surface area contributed by atoms with Gasteiger partial charge in [0.1, 0.15) is 11.9 Å². The molecule has 0 radical (unpaired) electrons. The van der Waals surface area contributed by atoms with Crippen molar-refractivity contribution in [3.63, 3.8) is 0 Å². The molecule has 1 fully saturated rings. The maximum atomic E-state index is 14.3. The van der Waals surface area contributed by atoms with E-state index in [0.29, 0.717) is 41.2 Å². The number of carbonyl (C=O) groups is 3. The summed E-state index contributed by atoms with van der Waals surface area (Å²) in [7, 11) is 1.59. The number of carboxylic acid groups (broad SMARTS) is 2. The zero-order valence-electron chi connectivity index (χ0n) is 23.7. The molecule has 0 aliphatic carbocycles. The highest BCUT2D eigenvalue weighted by molar-refractivity contribution is 5.89. The summed E-state index contributed by atoms with van der Waals surface area (Å²) in [6.45, 7) is 6.56. The Kier molecular flexibility index (Phi) is 11.9. The maximum Gasteiger partial charge on any atom is 0.328 e. The second-order valence-corrected chi connectivity index (χ2v) is 9.67. The number of benzene rings is 2. The van der Waals surface area contributed by atoms with Crippen LogP contribution in [0.25, 0.3) is 11.0 Å². The Morgan fingerprint density at radius 1 is 1.12 bits per heavy atom. The highest BCUT2D eigenvalue weighted by Crippen LogP contribution is 2.34. The van der Waals surface area contributed by atoms with E-state index in [9.17, 15) is 18.8 Å². The van der Waals surface area contributed by atoms with Crippen LogP contribution in [0.1, 0.15) is 56.4 Å². The minimum atomic E-state index is -1.26. The van der Waals surface area contributed by atoms with Crippen molar-refractivity contribution < 1.29 is 47.7 Å². The van der Waals surface area contributed by atoms with Crippen molar-refractivity contribution in [1.29, 1.82) is 0 Å². The number of hydrogen-bond acceptors (Lipinski definition) is 9. The summed E-state index contributed by atoms with van der Waals surface area (Å²) in [6, 6.07) is 10.4. The third-order valence-electron chi connectivity index (χ3n) is 6.69. The van der Waals surface area contributed by atoms with Crippen LogP contribution in [0.4, 0.5) is 4.39 Å². The number of piperidine rings is 1. The number of aromatic nitrogens is 1. The molecule has 2 aromatic carbocycles. The third-order valence-corrected chi connectivity index (χ3v) is 6.69. The van der Waals surface area contributed by atoms with Crippen molar-refractivity contribution in [2.75, 3.05) is 33.4 Å². The number of methoxy groups -OCH3 is 1. The Balaban J connectivity index is 0.000000531. The first-order chi connectivity index (χ1) is 20.1. The summed E-state index contributed by atoms with van der Waals surface area (Å²) >= 11 is 0. The van der Waals surface area contributed by atoms with E-state index in [1.807, 2.05) is 25.1 Å². The van der Waals surface area contributed by atoms with Gasteiger partial charge >= 0.3 is 17.9 Å². The molecular formula is C30H35FN2O9. The van der Waals surface area contributed by atoms with Crippen molar-refractivity contribution in [1.82, 2.24) is 10.1 Å². The Morgan fingerprint density at radius 2 is 1.81 bits per heavy atom. The molecule has 0 bridgehead atoms. The standard InChI is InChI=1S/C26H31FN2O5.C4H4O4/c1-17(33-18(2)30)20-8-9-22(24(16-20)31-3)32-15-5-12-29-13-10-19(11-14-29)26-25-21(27)6-4-7-23(25)34-28-26;5-3(6)1-2-4(7)8/h4,6-9,16-17,19H,5,10-15H2,1-3H3;1-2H,(H,5,6)(H,7,8)/b;2-1+. The molecule has 42 heavy (non-hydrogen) atoms. The second-order valence-electron chi connectivity index (χ2n) is 9.67. The number of carboxylic acids is 2. The fourth-order valence-electron chi connectivity index (χ4n) is 4.67. The molecule has 11 nitrogen and oxygen atoms in total. The SMILES string of the molecule is COc1cc(C(C)OC(C)=O)ccc1OCCCN1CCC(c2noc3cccc(F)c23)CC1.O=C(O)/C=C/C(=O)O.